The first-order valence-corrected chi connectivity index (χ1v) is 6.28. The van der Waals surface area contributed by atoms with Gasteiger partial charge < -0.3 is 4.90 Å². The number of carbonyl (C=O) groups excluding carboxylic acids is 1. The smallest absolute Gasteiger partial charge is 0.256 e. The number of halogens is 1. The zero-order valence-electron chi connectivity index (χ0n) is 10.4. The Labute approximate surface area is 107 Å². The van der Waals surface area contributed by atoms with Crippen LogP contribution in [0.3, 0.4) is 0 Å². The van der Waals surface area contributed by atoms with Crippen LogP contribution in [0.4, 0.5) is 0 Å². The molecule has 0 saturated carbocycles. The van der Waals surface area contributed by atoms with Gasteiger partial charge in [-0.05, 0) is 24.8 Å². The van der Waals surface area contributed by atoms with Gasteiger partial charge in [-0.1, -0.05) is 25.4 Å². The number of aryl methyl sites for hydroxylation is 1. The van der Waals surface area contributed by atoms with Gasteiger partial charge in [-0.3, -0.25) is 9.78 Å². The molecule has 0 spiro atoms. The van der Waals surface area contributed by atoms with E-state index in [2.05, 4.69) is 18.8 Å². The Bertz CT molecular complexity index is 437. The van der Waals surface area contributed by atoms with Gasteiger partial charge in [0.05, 0.1) is 10.6 Å². The molecule has 2 heterocycles. The fraction of sp³-hybridized carbons (Fsp3) is 0.538. The summed E-state index contributed by atoms with van der Waals surface area (Å²) in [6.07, 6.45) is 1.58. The first kappa shape index (κ1) is 12.4. The van der Waals surface area contributed by atoms with Crippen LogP contribution in [0.2, 0.25) is 5.02 Å². The van der Waals surface area contributed by atoms with Gasteiger partial charge in [0.1, 0.15) is 0 Å². The van der Waals surface area contributed by atoms with Crippen molar-refractivity contribution in [2.75, 3.05) is 13.1 Å². The topological polar surface area (TPSA) is 33.2 Å². The highest BCUT2D eigenvalue weighted by Crippen LogP contribution is 2.25. The molecule has 0 N–H and O–H groups in total. The molecule has 1 aliphatic heterocycles. The molecule has 1 fully saturated rings. The number of amides is 1. The summed E-state index contributed by atoms with van der Waals surface area (Å²) in [6, 6.07) is 1.73. The van der Waals surface area contributed by atoms with E-state index >= 15 is 0 Å². The number of pyridine rings is 1. The molecule has 1 aromatic rings. The van der Waals surface area contributed by atoms with E-state index in [0.29, 0.717) is 22.4 Å². The van der Waals surface area contributed by atoms with E-state index in [1.165, 1.54) is 0 Å². The van der Waals surface area contributed by atoms with Crippen LogP contribution in [0, 0.1) is 18.8 Å². The maximum atomic E-state index is 12.3. The second-order valence-electron chi connectivity index (χ2n) is 4.97. The van der Waals surface area contributed by atoms with Crippen molar-refractivity contribution in [3.63, 3.8) is 0 Å². The van der Waals surface area contributed by atoms with Crippen LogP contribution in [-0.4, -0.2) is 28.9 Å². The molecule has 0 aromatic carbocycles. The number of nitrogens with zero attached hydrogens (tertiary/aromatic N) is 2. The van der Waals surface area contributed by atoms with Gasteiger partial charge in [0.25, 0.3) is 5.91 Å². The normalized spacial score (nSPS) is 24.1. The number of carbonyl (C=O) groups is 1. The lowest BCUT2D eigenvalue weighted by molar-refractivity contribution is 0.0785. The molecule has 3 nitrogen and oxygen atoms in total. The molecule has 1 aliphatic rings. The molecule has 1 amide bonds. The molecule has 2 atom stereocenters. The Hall–Kier alpha value is -1.09. The monoisotopic (exact) mass is 252 g/mol. The largest absolute Gasteiger partial charge is 0.338 e. The van der Waals surface area contributed by atoms with Crippen molar-refractivity contribution in [3.8, 4) is 0 Å². The quantitative estimate of drug-likeness (QED) is 0.770. The molecule has 1 saturated heterocycles. The van der Waals surface area contributed by atoms with Gasteiger partial charge in [0, 0.05) is 25.0 Å². The van der Waals surface area contributed by atoms with Crippen LogP contribution >= 0.6 is 11.6 Å². The number of likely N-dealkylation sites (tertiary alicyclic amines) is 1. The lowest BCUT2D eigenvalue weighted by Gasteiger charge is -2.16. The summed E-state index contributed by atoms with van der Waals surface area (Å²) >= 11 is 6.09. The van der Waals surface area contributed by atoms with Crippen LogP contribution in [0.1, 0.15) is 29.9 Å². The first-order chi connectivity index (χ1) is 7.99. The molecular weight excluding hydrogens is 236 g/mol. The Morgan fingerprint density at radius 3 is 2.53 bits per heavy atom. The summed E-state index contributed by atoms with van der Waals surface area (Å²) in [7, 11) is 0. The molecule has 2 unspecified atom stereocenters. The number of rotatable bonds is 1. The van der Waals surface area contributed by atoms with Gasteiger partial charge in [-0.25, -0.2) is 0 Å². The third-order valence-electron chi connectivity index (χ3n) is 3.50. The second-order valence-corrected chi connectivity index (χ2v) is 5.38. The Morgan fingerprint density at radius 2 is 2.00 bits per heavy atom. The highest BCUT2D eigenvalue weighted by atomic mass is 35.5. The lowest BCUT2D eigenvalue weighted by atomic mass is 10.0. The van der Waals surface area contributed by atoms with Crippen molar-refractivity contribution >= 4 is 17.5 Å². The zero-order valence-corrected chi connectivity index (χ0v) is 11.2. The van der Waals surface area contributed by atoms with E-state index in [1.54, 1.807) is 12.3 Å². The minimum atomic E-state index is -0.00120. The predicted octanol–water partition coefficient (Wildman–Crippen LogP) is 2.77. The van der Waals surface area contributed by atoms with Crippen molar-refractivity contribution in [3.05, 3.63) is 28.5 Å². The van der Waals surface area contributed by atoms with E-state index in [1.807, 2.05) is 11.8 Å². The van der Waals surface area contributed by atoms with E-state index in [-0.39, 0.29) is 5.91 Å². The molecule has 2 rings (SSSR count). The molecule has 0 aliphatic carbocycles. The van der Waals surface area contributed by atoms with Crippen molar-refractivity contribution in [1.29, 1.82) is 0 Å². The molecule has 4 heteroatoms. The standard InChI is InChI=1S/C13H17ClN2O/c1-8-6-16(7-9(8)2)13(17)11-5-15-10(3)4-12(11)14/h4-5,8-9H,6-7H2,1-3H3. The van der Waals surface area contributed by atoms with E-state index in [9.17, 15) is 4.79 Å². The molecular formula is C13H17ClN2O. The minimum absolute atomic E-state index is 0.00120. The maximum absolute atomic E-state index is 12.3. The summed E-state index contributed by atoms with van der Waals surface area (Å²) < 4.78 is 0. The Morgan fingerprint density at radius 1 is 1.41 bits per heavy atom. The van der Waals surface area contributed by atoms with Gasteiger partial charge in [-0.2, -0.15) is 0 Å². The predicted molar refractivity (Wildman–Crippen MR) is 68.2 cm³/mol. The van der Waals surface area contributed by atoms with Crippen molar-refractivity contribution < 1.29 is 4.79 Å². The summed E-state index contributed by atoms with van der Waals surface area (Å²) in [5.41, 5.74) is 1.34. The SMILES string of the molecule is Cc1cc(Cl)c(C(=O)N2CC(C)C(C)C2)cn1. The fourth-order valence-corrected chi connectivity index (χ4v) is 2.44. The Kier molecular flexibility index (Phi) is 3.38. The number of hydrogen-bond donors (Lipinski definition) is 0. The van der Waals surface area contributed by atoms with Crippen molar-refractivity contribution in [1.82, 2.24) is 9.88 Å². The van der Waals surface area contributed by atoms with Crippen LogP contribution in [0.5, 0.6) is 0 Å². The number of hydrogen-bond acceptors (Lipinski definition) is 2. The lowest BCUT2D eigenvalue weighted by Crippen LogP contribution is -2.29. The fourth-order valence-electron chi connectivity index (χ4n) is 2.15. The van der Waals surface area contributed by atoms with Gasteiger partial charge in [0.2, 0.25) is 0 Å². The molecule has 0 bridgehead atoms. The highest BCUT2D eigenvalue weighted by molar-refractivity contribution is 6.33. The molecule has 1 aromatic heterocycles. The average molecular weight is 253 g/mol. The van der Waals surface area contributed by atoms with Crippen LogP contribution in [0.25, 0.3) is 0 Å². The second kappa shape index (κ2) is 4.65. The maximum Gasteiger partial charge on any atom is 0.256 e. The Balaban J connectivity index is 2.20. The van der Waals surface area contributed by atoms with Crippen LogP contribution in [-0.2, 0) is 0 Å². The summed E-state index contributed by atoms with van der Waals surface area (Å²) in [5.74, 6) is 1.10. The van der Waals surface area contributed by atoms with Crippen LogP contribution in [0.15, 0.2) is 12.3 Å². The summed E-state index contributed by atoms with van der Waals surface area (Å²) in [6.45, 7) is 7.83. The van der Waals surface area contributed by atoms with Gasteiger partial charge in [-0.15, -0.1) is 0 Å². The third-order valence-corrected chi connectivity index (χ3v) is 3.81. The summed E-state index contributed by atoms with van der Waals surface area (Å²) in [4.78, 5) is 18.3. The van der Waals surface area contributed by atoms with E-state index in [0.717, 1.165) is 18.8 Å². The van der Waals surface area contributed by atoms with E-state index in [4.69, 9.17) is 11.6 Å². The molecule has 17 heavy (non-hydrogen) atoms. The zero-order chi connectivity index (χ0) is 12.6. The highest BCUT2D eigenvalue weighted by Gasteiger charge is 2.30. The molecule has 0 radical (unpaired) electrons. The van der Waals surface area contributed by atoms with Crippen molar-refractivity contribution in [2.45, 2.75) is 20.8 Å². The minimum Gasteiger partial charge on any atom is -0.338 e. The first-order valence-electron chi connectivity index (χ1n) is 5.90. The summed E-state index contributed by atoms with van der Waals surface area (Å²) in [5, 5.41) is 0.495. The van der Waals surface area contributed by atoms with Gasteiger partial charge in [0.15, 0.2) is 0 Å². The van der Waals surface area contributed by atoms with Gasteiger partial charge >= 0.3 is 0 Å². The molecule has 92 valence electrons. The van der Waals surface area contributed by atoms with Crippen LogP contribution < -0.4 is 0 Å². The average Bonchev–Trinajstić information content (AvgIpc) is 2.58. The van der Waals surface area contributed by atoms with Crippen molar-refractivity contribution in [2.24, 2.45) is 11.8 Å². The number of aromatic nitrogens is 1. The van der Waals surface area contributed by atoms with E-state index < -0.39 is 0 Å². The third kappa shape index (κ3) is 2.44.